The lowest BCUT2D eigenvalue weighted by atomic mass is 9.98. The lowest BCUT2D eigenvalue weighted by Gasteiger charge is -2.15. The fourth-order valence-corrected chi connectivity index (χ4v) is 1.37. The molecule has 0 aliphatic rings. The maximum absolute atomic E-state index is 12.5. The number of alkyl halides is 6. The first-order valence-corrected chi connectivity index (χ1v) is 4.43. The third-order valence-electron chi connectivity index (χ3n) is 2.14. The molecule has 0 saturated heterocycles. The van der Waals surface area contributed by atoms with Crippen LogP contribution in [0, 0.1) is 11.3 Å². The summed E-state index contributed by atoms with van der Waals surface area (Å²) in [6.07, 6.45) is -9.90. The van der Waals surface area contributed by atoms with E-state index in [1.807, 2.05) is 0 Å². The van der Waals surface area contributed by atoms with Crippen LogP contribution < -0.4 is 0 Å². The second-order valence-corrected chi connectivity index (χ2v) is 3.32. The van der Waals surface area contributed by atoms with Crippen LogP contribution >= 0.6 is 0 Å². The molecule has 0 atom stereocenters. The predicted octanol–water partition coefficient (Wildman–Crippen LogP) is 3.09. The highest BCUT2D eigenvalue weighted by Gasteiger charge is 2.39. The molecule has 1 N–H and O–H groups in total. The predicted molar refractivity (Wildman–Crippen MR) is 47.1 cm³/mol. The van der Waals surface area contributed by atoms with E-state index in [1.165, 1.54) is 0 Å². The molecular formula is C10H5F6NO. The van der Waals surface area contributed by atoms with Gasteiger partial charge in [0.2, 0.25) is 0 Å². The molecule has 0 aliphatic carbocycles. The lowest BCUT2D eigenvalue weighted by molar-refractivity contribution is -0.142. The molecule has 0 amide bonds. The molecule has 1 aromatic carbocycles. The summed E-state index contributed by atoms with van der Waals surface area (Å²) in [4.78, 5) is 0. The van der Waals surface area contributed by atoms with Crippen LogP contribution in [0.1, 0.15) is 22.3 Å². The van der Waals surface area contributed by atoms with Crippen LogP contribution in [-0.4, -0.2) is 5.11 Å². The highest BCUT2D eigenvalue weighted by molar-refractivity contribution is 5.47. The van der Waals surface area contributed by atoms with Gasteiger partial charge in [-0.1, -0.05) is 0 Å². The summed E-state index contributed by atoms with van der Waals surface area (Å²) in [7, 11) is 0. The average Bonchev–Trinajstić information content (AvgIpc) is 2.24. The number of hydrogen-bond donors (Lipinski definition) is 1. The van der Waals surface area contributed by atoms with Gasteiger partial charge in [-0.2, -0.15) is 31.6 Å². The van der Waals surface area contributed by atoms with Crippen molar-refractivity contribution in [2.45, 2.75) is 19.0 Å². The Morgan fingerprint density at radius 1 is 1.00 bits per heavy atom. The van der Waals surface area contributed by atoms with Crippen LogP contribution in [0.4, 0.5) is 26.3 Å². The zero-order valence-electron chi connectivity index (χ0n) is 8.52. The molecule has 1 rings (SSSR count). The van der Waals surface area contributed by atoms with Crippen molar-refractivity contribution in [3.63, 3.8) is 0 Å². The number of aliphatic hydroxyl groups is 1. The van der Waals surface area contributed by atoms with Gasteiger partial charge in [-0.25, -0.2) is 0 Å². The maximum Gasteiger partial charge on any atom is 0.417 e. The van der Waals surface area contributed by atoms with Crippen molar-refractivity contribution in [3.05, 3.63) is 34.4 Å². The van der Waals surface area contributed by atoms with Crippen molar-refractivity contribution in [2.24, 2.45) is 0 Å². The van der Waals surface area contributed by atoms with E-state index >= 15 is 0 Å². The zero-order chi connectivity index (χ0) is 14.1. The molecule has 8 heteroatoms. The second kappa shape index (κ2) is 4.49. The number of halogens is 6. The summed E-state index contributed by atoms with van der Waals surface area (Å²) < 4.78 is 74.8. The van der Waals surface area contributed by atoms with Gasteiger partial charge in [-0.3, -0.25) is 0 Å². The molecule has 0 radical (unpaired) electrons. The van der Waals surface area contributed by atoms with Gasteiger partial charge in [0, 0.05) is 0 Å². The van der Waals surface area contributed by atoms with Crippen LogP contribution in [-0.2, 0) is 19.0 Å². The Hall–Kier alpha value is -1.75. The van der Waals surface area contributed by atoms with Gasteiger partial charge in [0.25, 0.3) is 0 Å². The first-order valence-electron chi connectivity index (χ1n) is 4.43. The number of nitriles is 1. The van der Waals surface area contributed by atoms with Gasteiger partial charge < -0.3 is 5.11 Å². The van der Waals surface area contributed by atoms with E-state index < -0.39 is 41.2 Å². The summed E-state index contributed by atoms with van der Waals surface area (Å²) in [5.41, 5.74) is -5.00. The smallest absolute Gasteiger partial charge is 0.392 e. The third kappa shape index (κ3) is 2.73. The highest BCUT2D eigenvalue weighted by atomic mass is 19.4. The number of nitrogens with zero attached hydrogens (tertiary/aromatic N) is 1. The monoisotopic (exact) mass is 269 g/mol. The minimum absolute atomic E-state index is 0.0916. The molecule has 98 valence electrons. The molecule has 2 nitrogen and oxygen atoms in total. The van der Waals surface area contributed by atoms with Crippen LogP contribution in [0.25, 0.3) is 0 Å². The molecule has 0 fully saturated rings. The molecule has 18 heavy (non-hydrogen) atoms. The summed E-state index contributed by atoms with van der Waals surface area (Å²) in [5.74, 6) is 0. The van der Waals surface area contributed by atoms with E-state index in [9.17, 15) is 26.3 Å². The van der Waals surface area contributed by atoms with Gasteiger partial charge in [-0.15, -0.1) is 0 Å². The average molecular weight is 269 g/mol. The second-order valence-electron chi connectivity index (χ2n) is 3.32. The van der Waals surface area contributed by atoms with E-state index in [1.54, 1.807) is 0 Å². The lowest BCUT2D eigenvalue weighted by Crippen LogP contribution is -2.15. The van der Waals surface area contributed by atoms with Crippen molar-refractivity contribution in [1.29, 1.82) is 5.26 Å². The fraction of sp³-hybridized carbons (Fsp3) is 0.300. The summed E-state index contributed by atoms with van der Waals surface area (Å²) in [6.45, 7) is -1.20. The number of rotatable bonds is 1. The summed E-state index contributed by atoms with van der Waals surface area (Å²) in [5, 5.41) is 17.1. The van der Waals surface area contributed by atoms with Crippen LogP contribution in [0.3, 0.4) is 0 Å². The summed E-state index contributed by atoms with van der Waals surface area (Å²) in [6, 6.07) is 1.30. The first kappa shape index (κ1) is 14.3. The van der Waals surface area contributed by atoms with Crippen molar-refractivity contribution in [3.8, 4) is 6.07 Å². The minimum atomic E-state index is -4.96. The van der Waals surface area contributed by atoms with Gasteiger partial charge in [-0.05, 0) is 17.7 Å². The molecule has 0 heterocycles. The molecule has 1 aromatic rings. The standard InChI is InChI=1S/C10H5F6NO/c11-9(12,13)7-2-6(4-18)8(10(14,15)16)1-5(7)3-17/h1-2,18H,4H2. The van der Waals surface area contributed by atoms with Crippen molar-refractivity contribution in [1.82, 2.24) is 0 Å². The topological polar surface area (TPSA) is 44.0 Å². The number of aliphatic hydroxyl groups excluding tert-OH is 1. The van der Waals surface area contributed by atoms with E-state index in [0.717, 1.165) is 6.07 Å². The van der Waals surface area contributed by atoms with Gasteiger partial charge in [0.15, 0.2) is 0 Å². The quantitative estimate of drug-likeness (QED) is 0.796. The Kier molecular flexibility index (Phi) is 3.57. The maximum atomic E-state index is 12.5. The van der Waals surface area contributed by atoms with E-state index in [-0.39, 0.29) is 12.1 Å². The van der Waals surface area contributed by atoms with Crippen molar-refractivity contribution < 1.29 is 31.4 Å². The largest absolute Gasteiger partial charge is 0.417 e. The molecule has 0 unspecified atom stereocenters. The van der Waals surface area contributed by atoms with E-state index in [2.05, 4.69) is 0 Å². The van der Waals surface area contributed by atoms with Gasteiger partial charge >= 0.3 is 12.4 Å². The van der Waals surface area contributed by atoms with Gasteiger partial charge in [0.1, 0.15) is 0 Å². The van der Waals surface area contributed by atoms with Gasteiger partial charge in [0.05, 0.1) is 29.4 Å². The summed E-state index contributed by atoms with van der Waals surface area (Å²) >= 11 is 0. The fourth-order valence-electron chi connectivity index (χ4n) is 1.37. The number of benzene rings is 1. The Morgan fingerprint density at radius 2 is 1.50 bits per heavy atom. The Bertz CT molecular complexity index is 497. The van der Waals surface area contributed by atoms with Crippen molar-refractivity contribution in [2.75, 3.05) is 0 Å². The van der Waals surface area contributed by atoms with Crippen LogP contribution in [0.2, 0.25) is 0 Å². The highest BCUT2D eigenvalue weighted by Crippen LogP contribution is 2.38. The molecular weight excluding hydrogens is 264 g/mol. The zero-order valence-corrected chi connectivity index (χ0v) is 8.52. The molecule has 0 aromatic heterocycles. The molecule has 0 bridgehead atoms. The van der Waals surface area contributed by atoms with E-state index in [0.29, 0.717) is 0 Å². The molecule has 0 spiro atoms. The van der Waals surface area contributed by atoms with Crippen LogP contribution in [0.15, 0.2) is 12.1 Å². The normalized spacial score (nSPS) is 12.3. The number of hydrogen-bond acceptors (Lipinski definition) is 2. The minimum Gasteiger partial charge on any atom is -0.392 e. The molecule has 0 aliphatic heterocycles. The SMILES string of the molecule is N#Cc1cc(C(F)(F)F)c(CO)cc1C(F)(F)F. The molecule has 0 saturated carbocycles. The van der Waals surface area contributed by atoms with Crippen molar-refractivity contribution >= 4 is 0 Å². The van der Waals surface area contributed by atoms with Crippen LogP contribution in [0.5, 0.6) is 0 Å². The Labute approximate surface area is 97.1 Å². The Balaban J connectivity index is 3.59. The Morgan fingerprint density at radius 3 is 1.83 bits per heavy atom. The van der Waals surface area contributed by atoms with E-state index in [4.69, 9.17) is 10.4 Å². The first-order chi connectivity index (χ1) is 8.11. The third-order valence-corrected chi connectivity index (χ3v) is 2.14.